The summed E-state index contributed by atoms with van der Waals surface area (Å²) in [4.78, 5) is 29.3. The van der Waals surface area contributed by atoms with Crippen LogP contribution in [0, 0.1) is 0 Å². The van der Waals surface area contributed by atoms with Gasteiger partial charge in [0, 0.05) is 57.0 Å². The molecule has 0 bridgehead atoms. The van der Waals surface area contributed by atoms with Gasteiger partial charge in [0.1, 0.15) is 18.0 Å². The molecule has 2 aliphatic rings. The Hall–Kier alpha value is -3.07. The summed E-state index contributed by atoms with van der Waals surface area (Å²) in [6.45, 7) is 5.00. The molecule has 30 heavy (non-hydrogen) atoms. The summed E-state index contributed by atoms with van der Waals surface area (Å²) in [5.41, 5.74) is 0.879. The predicted molar refractivity (Wildman–Crippen MR) is 116 cm³/mol. The van der Waals surface area contributed by atoms with Crippen LogP contribution in [0.2, 0.25) is 0 Å². The van der Waals surface area contributed by atoms with Crippen molar-refractivity contribution in [3.05, 3.63) is 37.1 Å². The highest BCUT2D eigenvalue weighted by Gasteiger charge is 2.26. The Kier molecular flexibility index (Phi) is 5.27. The Morgan fingerprint density at radius 3 is 2.83 bits per heavy atom. The number of fused-ring (bicyclic) bond motifs is 1. The molecule has 2 saturated heterocycles. The van der Waals surface area contributed by atoms with Crippen molar-refractivity contribution in [1.82, 2.24) is 24.9 Å². The summed E-state index contributed by atoms with van der Waals surface area (Å²) in [5.74, 6) is 2.72. The SMILES string of the molecule is CN(c1ccnc(N2CCOCC2)n1)C1CCCN(c2ncnc3cnccc23)C1. The Balaban J connectivity index is 1.36. The molecule has 2 aliphatic heterocycles. The molecule has 3 aromatic heterocycles. The largest absolute Gasteiger partial charge is 0.378 e. The highest BCUT2D eigenvalue weighted by molar-refractivity contribution is 5.88. The second-order valence-electron chi connectivity index (χ2n) is 7.76. The second kappa shape index (κ2) is 8.35. The zero-order chi connectivity index (χ0) is 20.3. The van der Waals surface area contributed by atoms with Crippen molar-refractivity contribution in [2.75, 3.05) is 61.1 Å². The Morgan fingerprint density at radius 1 is 1.03 bits per heavy atom. The van der Waals surface area contributed by atoms with Gasteiger partial charge in [-0.15, -0.1) is 0 Å². The van der Waals surface area contributed by atoms with Gasteiger partial charge in [0.15, 0.2) is 0 Å². The van der Waals surface area contributed by atoms with Crippen LogP contribution in [0.3, 0.4) is 0 Å². The predicted octanol–water partition coefficient (Wildman–Crippen LogP) is 1.76. The smallest absolute Gasteiger partial charge is 0.227 e. The molecular formula is C21H26N8O. The molecule has 0 amide bonds. The van der Waals surface area contributed by atoms with Crippen molar-refractivity contribution in [2.24, 2.45) is 0 Å². The van der Waals surface area contributed by atoms with E-state index in [1.165, 1.54) is 0 Å². The topological polar surface area (TPSA) is 83.4 Å². The number of aromatic nitrogens is 5. The minimum atomic E-state index is 0.345. The van der Waals surface area contributed by atoms with Gasteiger partial charge < -0.3 is 19.4 Å². The quantitative estimate of drug-likeness (QED) is 0.643. The molecule has 0 N–H and O–H groups in total. The minimum Gasteiger partial charge on any atom is -0.378 e. The highest BCUT2D eigenvalue weighted by atomic mass is 16.5. The van der Waals surface area contributed by atoms with Gasteiger partial charge in [-0.25, -0.2) is 15.0 Å². The average molecular weight is 406 g/mol. The zero-order valence-electron chi connectivity index (χ0n) is 17.2. The molecule has 0 radical (unpaired) electrons. The van der Waals surface area contributed by atoms with E-state index >= 15 is 0 Å². The van der Waals surface area contributed by atoms with Crippen molar-refractivity contribution in [2.45, 2.75) is 18.9 Å². The normalized spacial score (nSPS) is 19.8. The van der Waals surface area contributed by atoms with Gasteiger partial charge in [-0.1, -0.05) is 0 Å². The Bertz CT molecular complexity index is 1000. The molecule has 1 unspecified atom stereocenters. The van der Waals surface area contributed by atoms with Crippen LogP contribution in [-0.2, 0) is 4.74 Å². The lowest BCUT2D eigenvalue weighted by Gasteiger charge is -2.39. The molecule has 2 fully saturated rings. The van der Waals surface area contributed by atoms with E-state index < -0.39 is 0 Å². The van der Waals surface area contributed by atoms with Crippen molar-refractivity contribution in [3.8, 4) is 0 Å². The lowest BCUT2D eigenvalue weighted by Crippen LogP contribution is -2.47. The van der Waals surface area contributed by atoms with E-state index in [1.807, 2.05) is 18.3 Å². The summed E-state index contributed by atoms with van der Waals surface area (Å²) in [6.07, 6.45) is 9.31. The standard InChI is InChI=1S/C21H26N8O/c1-27(19-5-7-23-21(26-19)28-9-11-30-12-10-28)16-3-2-8-29(14-16)20-17-4-6-22-13-18(17)24-15-25-20/h4-7,13,15-16H,2-3,8-12,14H2,1H3. The van der Waals surface area contributed by atoms with Gasteiger partial charge in [-0.05, 0) is 25.0 Å². The third-order valence-electron chi connectivity index (χ3n) is 5.95. The fraction of sp³-hybridized carbons (Fsp3) is 0.476. The van der Waals surface area contributed by atoms with Crippen LogP contribution in [0.1, 0.15) is 12.8 Å². The van der Waals surface area contributed by atoms with Crippen LogP contribution < -0.4 is 14.7 Å². The maximum Gasteiger partial charge on any atom is 0.227 e. The first-order valence-corrected chi connectivity index (χ1v) is 10.5. The van der Waals surface area contributed by atoms with Crippen LogP contribution in [0.15, 0.2) is 37.1 Å². The van der Waals surface area contributed by atoms with E-state index in [2.05, 4.69) is 41.7 Å². The number of hydrogen-bond acceptors (Lipinski definition) is 9. The first-order chi connectivity index (χ1) is 14.8. The number of likely N-dealkylation sites (N-methyl/N-ethyl adjacent to an activating group) is 1. The number of hydrogen-bond donors (Lipinski definition) is 0. The summed E-state index contributed by atoms with van der Waals surface area (Å²) in [6, 6.07) is 4.34. The van der Waals surface area contributed by atoms with Crippen LogP contribution in [-0.4, -0.2) is 77.4 Å². The van der Waals surface area contributed by atoms with E-state index in [0.29, 0.717) is 6.04 Å². The van der Waals surface area contributed by atoms with Gasteiger partial charge in [0.2, 0.25) is 5.95 Å². The van der Waals surface area contributed by atoms with Crippen LogP contribution in [0.25, 0.3) is 10.9 Å². The highest BCUT2D eigenvalue weighted by Crippen LogP contribution is 2.27. The minimum absolute atomic E-state index is 0.345. The number of morpholine rings is 1. The molecule has 5 rings (SSSR count). The first kappa shape index (κ1) is 18.9. The summed E-state index contributed by atoms with van der Waals surface area (Å²) < 4.78 is 5.45. The molecule has 5 heterocycles. The maximum absolute atomic E-state index is 5.45. The Labute approximate surface area is 175 Å². The summed E-state index contributed by atoms with van der Waals surface area (Å²) in [7, 11) is 2.13. The molecule has 0 aromatic carbocycles. The third-order valence-corrected chi connectivity index (χ3v) is 5.95. The van der Waals surface area contributed by atoms with Gasteiger partial charge in [-0.2, -0.15) is 4.98 Å². The number of piperidine rings is 1. The third kappa shape index (κ3) is 3.72. The molecule has 9 nitrogen and oxygen atoms in total. The molecular weight excluding hydrogens is 380 g/mol. The summed E-state index contributed by atoms with van der Waals surface area (Å²) in [5, 5.41) is 1.05. The zero-order valence-corrected chi connectivity index (χ0v) is 17.2. The number of ether oxygens (including phenoxy) is 1. The van der Waals surface area contributed by atoms with Crippen molar-refractivity contribution in [1.29, 1.82) is 0 Å². The number of nitrogens with zero attached hydrogens (tertiary/aromatic N) is 8. The number of anilines is 3. The van der Waals surface area contributed by atoms with E-state index in [-0.39, 0.29) is 0 Å². The monoisotopic (exact) mass is 406 g/mol. The fourth-order valence-corrected chi connectivity index (χ4v) is 4.25. The second-order valence-corrected chi connectivity index (χ2v) is 7.76. The van der Waals surface area contributed by atoms with Crippen molar-refractivity contribution >= 4 is 28.5 Å². The number of pyridine rings is 1. The molecule has 1 atom stereocenters. The molecule has 9 heteroatoms. The van der Waals surface area contributed by atoms with Gasteiger partial charge >= 0.3 is 0 Å². The fourth-order valence-electron chi connectivity index (χ4n) is 4.25. The molecule has 0 spiro atoms. The first-order valence-electron chi connectivity index (χ1n) is 10.5. The molecule has 0 aliphatic carbocycles. The van der Waals surface area contributed by atoms with E-state index in [1.54, 1.807) is 18.7 Å². The van der Waals surface area contributed by atoms with E-state index in [0.717, 1.165) is 80.7 Å². The molecule has 0 saturated carbocycles. The van der Waals surface area contributed by atoms with E-state index in [9.17, 15) is 0 Å². The maximum atomic E-state index is 5.45. The molecule has 3 aromatic rings. The van der Waals surface area contributed by atoms with E-state index in [4.69, 9.17) is 9.72 Å². The lowest BCUT2D eigenvalue weighted by atomic mass is 10.0. The van der Waals surface area contributed by atoms with Gasteiger partial charge in [0.25, 0.3) is 0 Å². The lowest BCUT2D eigenvalue weighted by molar-refractivity contribution is 0.122. The number of rotatable bonds is 4. The van der Waals surface area contributed by atoms with Crippen LogP contribution in [0.4, 0.5) is 17.6 Å². The van der Waals surface area contributed by atoms with Crippen molar-refractivity contribution < 1.29 is 4.74 Å². The van der Waals surface area contributed by atoms with Crippen LogP contribution in [0.5, 0.6) is 0 Å². The van der Waals surface area contributed by atoms with Gasteiger partial charge in [0.05, 0.1) is 24.9 Å². The molecule has 156 valence electrons. The Morgan fingerprint density at radius 2 is 1.93 bits per heavy atom. The average Bonchev–Trinajstić information content (AvgIpc) is 2.84. The van der Waals surface area contributed by atoms with Crippen LogP contribution >= 0.6 is 0 Å². The van der Waals surface area contributed by atoms with Gasteiger partial charge in [-0.3, -0.25) is 4.98 Å². The van der Waals surface area contributed by atoms with Crippen molar-refractivity contribution in [3.63, 3.8) is 0 Å². The summed E-state index contributed by atoms with van der Waals surface area (Å²) >= 11 is 0.